The number of ether oxygens (including phenoxy) is 3. The topological polar surface area (TPSA) is 166 Å². The lowest BCUT2D eigenvalue weighted by Crippen LogP contribution is -2.38. The molecule has 0 saturated heterocycles. The molecule has 11 nitrogen and oxygen atoms in total. The van der Waals surface area contributed by atoms with Crippen LogP contribution in [0.15, 0.2) is 58.5 Å². The molecule has 0 aromatic rings. The van der Waals surface area contributed by atoms with Gasteiger partial charge in [-0.15, -0.1) is 11.6 Å². The molecule has 1 heterocycles. The van der Waals surface area contributed by atoms with E-state index in [9.17, 15) is 24.3 Å². The number of nitrogens with one attached hydrogen (secondary N) is 2. The summed E-state index contributed by atoms with van der Waals surface area (Å²) in [6, 6.07) is 0. The van der Waals surface area contributed by atoms with E-state index in [2.05, 4.69) is 10.6 Å². The van der Waals surface area contributed by atoms with Gasteiger partial charge in [-0.05, 0) is 38.2 Å². The normalized spacial score (nSPS) is 31.7. The van der Waals surface area contributed by atoms with E-state index in [1.807, 2.05) is 6.92 Å². The first-order valence-electron chi connectivity index (χ1n) is 13.7. The van der Waals surface area contributed by atoms with Crippen molar-refractivity contribution in [2.45, 2.75) is 65.0 Å². The first-order chi connectivity index (χ1) is 19.8. The van der Waals surface area contributed by atoms with Crippen molar-refractivity contribution >= 4 is 35.2 Å². The van der Waals surface area contributed by atoms with Crippen LogP contribution < -0.4 is 16.4 Å². The summed E-state index contributed by atoms with van der Waals surface area (Å²) in [6.07, 6.45) is 3.71. The average molecular weight is 608 g/mol. The first kappa shape index (κ1) is 34.9. The standard InChI is InChI=1S/C30H42ClN3O8/c1-16-12-20-25(33-11-10-31)22(35)15-21(27(20)37)34-29(38)17(2)8-7-9-23(40-5)28(42-30(32)39)19(4)14-18(3)26(36)24(13-16)41-6/h7-9,14-16,18,23-24,26,28,33,36H,10-13H2,1-6H3,(H2,32,39)(H,34,38)/b9-7-,17-8+,19-14+/t16-,18-,23-,24-,26+,28-/m1/s1. The van der Waals surface area contributed by atoms with Crippen molar-refractivity contribution in [1.82, 2.24) is 10.6 Å². The number of amides is 2. The van der Waals surface area contributed by atoms with E-state index in [1.54, 1.807) is 39.0 Å². The molecule has 0 spiro atoms. The molecule has 0 aromatic carbocycles. The van der Waals surface area contributed by atoms with Gasteiger partial charge in [-0.3, -0.25) is 14.4 Å². The number of methoxy groups -OCH3 is 2. The monoisotopic (exact) mass is 607 g/mol. The predicted octanol–water partition coefficient (Wildman–Crippen LogP) is 2.59. The number of carbonyl (C=O) groups excluding carboxylic acids is 4. The molecule has 0 aromatic heterocycles. The highest BCUT2D eigenvalue weighted by Gasteiger charge is 2.33. The third-order valence-corrected chi connectivity index (χ3v) is 7.38. The van der Waals surface area contributed by atoms with Crippen LogP contribution in [-0.2, 0) is 28.6 Å². The van der Waals surface area contributed by atoms with Crippen LogP contribution in [0, 0.1) is 11.8 Å². The van der Waals surface area contributed by atoms with Crippen molar-refractivity contribution in [3.05, 3.63) is 58.5 Å². The van der Waals surface area contributed by atoms with E-state index in [1.165, 1.54) is 20.3 Å². The highest BCUT2D eigenvalue weighted by molar-refractivity contribution is 6.23. The molecular weight excluding hydrogens is 566 g/mol. The largest absolute Gasteiger partial charge is 0.439 e. The molecule has 2 bridgehead atoms. The minimum absolute atomic E-state index is 0.138. The summed E-state index contributed by atoms with van der Waals surface area (Å²) in [6.45, 7) is 7.22. The van der Waals surface area contributed by atoms with E-state index in [0.29, 0.717) is 12.0 Å². The molecule has 0 saturated carbocycles. The Morgan fingerprint density at radius 2 is 1.88 bits per heavy atom. The van der Waals surface area contributed by atoms with Crippen LogP contribution in [0.1, 0.15) is 40.5 Å². The number of alkyl halides is 1. The van der Waals surface area contributed by atoms with Gasteiger partial charge >= 0.3 is 6.09 Å². The Morgan fingerprint density at radius 3 is 2.48 bits per heavy atom. The molecule has 6 atom stereocenters. The maximum atomic E-state index is 13.5. The summed E-state index contributed by atoms with van der Waals surface area (Å²) in [4.78, 5) is 51.3. The Hall–Kier alpha value is -3.25. The number of hydrogen-bond donors (Lipinski definition) is 4. The molecule has 2 amide bonds. The summed E-state index contributed by atoms with van der Waals surface area (Å²) in [5.74, 6) is -1.96. The van der Waals surface area contributed by atoms with E-state index in [-0.39, 0.29) is 47.3 Å². The summed E-state index contributed by atoms with van der Waals surface area (Å²) in [5.41, 5.74) is 6.38. The van der Waals surface area contributed by atoms with E-state index in [4.69, 9.17) is 31.5 Å². The minimum Gasteiger partial charge on any atom is -0.439 e. The van der Waals surface area contributed by atoms with Crippen LogP contribution in [0.5, 0.6) is 0 Å². The van der Waals surface area contributed by atoms with Crippen LogP contribution in [0.3, 0.4) is 0 Å². The molecular formula is C30H42ClN3O8. The molecule has 42 heavy (non-hydrogen) atoms. The Labute approximate surface area is 251 Å². The molecule has 232 valence electrons. The number of primary amides is 1. The van der Waals surface area contributed by atoms with Gasteiger partial charge in [0.2, 0.25) is 11.6 Å². The zero-order valence-corrected chi connectivity index (χ0v) is 25.7. The second-order valence-electron chi connectivity index (χ2n) is 10.5. The number of halogens is 1. The quantitative estimate of drug-likeness (QED) is 0.202. The fourth-order valence-corrected chi connectivity index (χ4v) is 5.05. The second kappa shape index (κ2) is 16.4. The number of fused-ring (bicyclic) bond motifs is 2. The highest BCUT2D eigenvalue weighted by Crippen LogP contribution is 2.28. The minimum atomic E-state index is -1.00. The third kappa shape index (κ3) is 9.38. The van der Waals surface area contributed by atoms with Gasteiger partial charge in [-0.2, -0.15) is 0 Å². The number of carbonyl (C=O) groups is 4. The van der Waals surface area contributed by atoms with Crippen molar-refractivity contribution in [2.75, 3.05) is 26.6 Å². The van der Waals surface area contributed by atoms with Crippen LogP contribution >= 0.6 is 11.6 Å². The van der Waals surface area contributed by atoms with Gasteiger partial charge in [0.15, 0.2) is 6.10 Å². The Morgan fingerprint density at radius 1 is 1.19 bits per heavy atom. The Kier molecular flexibility index (Phi) is 13.6. The van der Waals surface area contributed by atoms with Gasteiger partial charge < -0.3 is 35.7 Å². The fourth-order valence-electron chi connectivity index (χ4n) is 4.95. The molecule has 5 N–H and O–H groups in total. The summed E-state index contributed by atoms with van der Waals surface area (Å²) in [7, 11) is 2.91. The smallest absolute Gasteiger partial charge is 0.405 e. The van der Waals surface area contributed by atoms with Gasteiger partial charge in [0.05, 0.1) is 23.6 Å². The highest BCUT2D eigenvalue weighted by atomic mass is 35.5. The first-order valence-corrected chi connectivity index (χ1v) is 14.3. The molecule has 0 fully saturated rings. The zero-order valence-electron chi connectivity index (χ0n) is 24.9. The lowest BCUT2D eigenvalue weighted by atomic mass is 9.85. The molecule has 0 radical (unpaired) electrons. The van der Waals surface area contributed by atoms with Gasteiger partial charge in [-0.1, -0.05) is 38.2 Å². The van der Waals surface area contributed by atoms with E-state index < -0.39 is 53.9 Å². The molecule has 12 heteroatoms. The molecule has 0 unspecified atom stereocenters. The van der Waals surface area contributed by atoms with E-state index >= 15 is 0 Å². The lowest BCUT2D eigenvalue weighted by Gasteiger charge is -2.30. The van der Waals surface area contributed by atoms with Crippen molar-refractivity contribution in [2.24, 2.45) is 17.6 Å². The number of aliphatic hydroxyl groups is 1. The van der Waals surface area contributed by atoms with Crippen LogP contribution in [0.4, 0.5) is 4.79 Å². The SMILES string of the molecule is CO[C@@H]1/C=C\C=C(/C)C(=O)NC2=CC(=O)C(NCCCl)=C(C[C@@H](C)C[C@@H](OC)[C@@H](O)[C@H](C)/C=C(\C)[C@H]1OC(N)=O)C2=O. The summed E-state index contributed by atoms with van der Waals surface area (Å²) < 4.78 is 16.5. The van der Waals surface area contributed by atoms with Gasteiger partial charge in [0, 0.05) is 49.8 Å². The van der Waals surface area contributed by atoms with Crippen molar-refractivity contribution < 1.29 is 38.5 Å². The van der Waals surface area contributed by atoms with Crippen LogP contribution in [0.2, 0.25) is 0 Å². The Balaban J connectivity index is 2.61. The Bertz CT molecular complexity index is 1190. The molecule has 1 aliphatic heterocycles. The van der Waals surface area contributed by atoms with Crippen molar-refractivity contribution in [1.29, 1.82) is 0 Å². The number of Topliss-reactive ketones (excluding diaryl/α,β-unsaturated/α-hetero) is 1. The summed E-state index contributed by atoms with van der Waals surface area (Å²) in [5, 5.41) is 16.7. The number of allylic oxidation sites excluding steroid dienone is 4. The van der Waals surface area contributed by atoms with Crippen LogP contribution in [-0.4, -0.2) is 79.7 Å². The van der Waals surface area contributed by atoms with Crippen molar-refractivity contribution in [3.8, 4) is 0 Å². The lowest BCUT2D eigenvalue weighted by molar-refractivity contribution is -0.120. The van der Waals surface area contributed by atoms with Gasteiger partial charge in [0.1, 0.15) is 6.10 Å². The van der Waals surface area contributed by atoms with Crippen LogP contribution in [0.25, 0.3) is 0 Å². The zero-order chi connectivity index (χ0) is 31.6. The van der Waals surface area contributed by atoms with Crippen molar-refractivity contribution in [3.63, 3.8) is 0 Å². The second-order valence-corrected chi connectivity index (χ2v) is 10.9. The molecule has 2 aliphatic rings. The average Bonchev–Trinajstić information content (AvgIpc) is 2.94. The molecule has 1 aliphatic carbocycles. The van der Waals surface area contributed by atoms with Gasteiger partial charge in [0.25, 0.3) is 5.91 Å². The number of ketones is 2. The summed E-state index contributed by atoms with van der Waals surface area (Å²) >= 11 is 5.82. The number of hydrogen-bond acceptors (Lipinski definition) is 9. The molecule has 2 rings (SSSR count). The number of rotatable bonds is 6. The predicted molar refractivity (Wildman–Crippen MR) is 158 cm³/mol. The third-order valence-electron chi connectivity index (χ3n) is 7.19. The maximum Gasteiger partial charge on any atom is 0.405 e. The maximum absolute atomic E-state index is 13.5. The van der Waals surface area contributed by atoms with Gasteiger partial charge in [-0.25, -0.2) is 4.79 Å². The number of aliphatic hydroxyl groups excluding tert-OH is 1. The van der Waals surface area contributed by atoms with E-state index in [0.717, 1.165) is 6.08 Å². The fraction of sp³-hybridized carbons (Fsp3) is 0.533. The number of nitrogens with two attached hydrogens (primary N) is 1.